The Balaban J connectivity index is 0.00000675. The van der Waals surface area contributed by atoms with E-state index >= 15 is 0 Å². The number of halogens is 1. The first-order chi connectivity index (χ1) is 20.5. The summed E-state index contributed by atoms with van der Waals surface area (Å²) in [4.78, 5) is 46.4. The van der Waals surface area contributed by atoms with E-state index in [0.717, 1.165) is 21.7 Å². The van der Waals surface area contributed by atoms with Crippen molar-refractivity contribution in [2.75, 3.05) is 52.7 Å². The first-order valence-corrected chi connectivity index (χ1v) is 15.4. The lowest BCUT2D eigenvalue weighted by Gasteiger charge is -2.35. The molecule has 0 saturated carbocycles. The maximum absolute atomic E-state index is 13.7. The highest BCUT2D eigenvalue weighted by atomic mass is 35.5. The fourth-order valence-electron chi connectivity index (χ4n) is 4.67. The molecule has 1 aromatic carbocycles. The van der Waals surface area contributed by atoms with Gasteiger partial charge in [-0.25, -0.2) is 4.98 Å². The second-order valence-electron chi connectivity index (χ2n) is 11.5. The maximum Gasteiger partial charge on any atom is 0.246 e. The lowest BCUT2D eigenvalue weighted by Crippen LogP contribution is -2.58. The monoisotopic (exact) mass is 655 g/mol. The van der Waals surface area contributed by atoms with Crippen LogP contribution in [0.3, 0.4) is 0 Å². The lowest BCUT2D eigenvalue weighted by molar-refractivity contribution is -0.144. The number of ether oxygens (including phenoxy) is 3. The Bertz CT molecular complexity index is 1190. The lowest BCUT2D eigenvalue weighted by atomic mass is 9.85. The van der Waals surface area contributed by atoms with Crippen LogP contribution in [-0.4, -0.2) is 104 Å². The summed E-state index contributed by atoms with van der Waals surface area (Å²) in [5.41, 5.74) is 9.44. The number of aryl methyl sites for hydroxylation is 1. The van der Waals surface area contributed by atoms with Crippen LogP contribution in [0, 0.1) is 12.3 Å². The van der Waals surface area contributed by atoms with Crippen LogP contribution in [0.5, 0.6) is 0 Å². The Morgan fingerprint density at radius 2 is 1.73 bits per heavy atom. The number of aliphatic hydroxyl groups excluding tert-OH is 1. The summed E-state index contributed by atoms with van der Waals surface area (Å²) in [6.45, 7) is 9.72. The number of thiazole rings is 1. The van der Waals surface area contributed by atoms with Gasteiger partial charge >= 0.3 is 0 Å². The molecule has 246 valence electrons. The number of benzene rings is 1. The van der Waals surface area contributed by atoms with E-state index in [4.69, 9.17) is 19.9 Å². The van der Waals surface area contributed by atoms with Gasteiger partial charge in [-0.3, -0.25) is 14.4 Å². The van der Waals surface area contributed by atoms with Crippen molar-refractivity contribution in [3.63, 3.8) is 0 Å². The van der Waals surface area contributed by atoms with E-state index in [1.165, 1.54) is 4.90 Å². The molecule has 0 bridgehead atoms. The highest BCUT2D eigenvalue weighted by Crippen LogP contribution is 2.28. The standard InChI is InChI=1S/C30H45N5O7S.ClH/c1-20-26(43-19-33-20)22-7-5-21(6-8-22)16-32-28(38)24-15-23(36)17-35(24)29(39)27(30(2,3)4)34-25(37)18-42-14-13-41-12-11-40-10-9-31;/h5-8,19,23-24,27,36H,9-18,31H2,1-4H3,(H,32,38)(H,34,37);1H/t23-,24+,27-;/m1./s1. The summed E-state index contributed by atoms with van der Waals surface area (Å²) in [6.07, 6.45) is -0.728. The Kier molecular flexibility index (Phi) is 15.7. The number of likely N-dealkylation sites (tertiary alicyclic amines) is 1. The molecule has 14 heteroatoms. The van der Waals surface area contributed by atoms with E-state index in [9.17, 15) is 19.5 Å². The fourth-order valence-corrected chi connectivity index (χ4v) is 5.48. The predicted octanol–water partition coefficient (Wildman–Crippen LogP) is 1.66. The second-order valence-corrected chi connectivity index (χ2v) is 12.4. The van der Waals surface area contributed by atoms with Gasteiger partial charge < -0.3 is 40.6 Å². The number of amides is 3. The van der Waals surface area contributed by atoms with Crippen LogP contribution in [-0.2, 0) is 35.1 Å². The Labute approximate surface area is 269 Å². The average Bonchev–Trinajstić information content (AvgIpc) is 3.58. The minimum absolute atomic E-state index is 0. The minimum atomic E-state index is -0.928. The van der Waals surface area contributed by atoms with Gasteiger partial charge in [0.1, 0.15) is 18.7 Å². The molecule has 2 heterocycles. The molecule has 1 aliphatic heterocycles. The summed E-state index contributed by atoms with van der Waals surface area (Å²) < 4.78 is 16.0. The van der Waals surface area contributed by atoms with Crippen LogP contribution < -0.4 is 16.4 Å². The molecular weight excluding hydrogens is 610 g/mol. The van der Waals surface area contributed by atoms with E-state index in [1.54, 1.807) is 11.3 Å². The number of hydrogen-bond donors (Lipinski definition) is 4. The normalized spacial score (nSPS) is 17.2. The quantitative estimate of drug-likeness (QED) is 0.197. The largest absolute Gasteiger partial charge is 0.391 e. The van der Waals surface area contributed by atoms with Crippen molar-refractivity contribution < 1.29 is 33.7 Å². The van der Waals surface area contributed by atoms with Gasteiger partial charge in [-0.15, -0.1) is 23.7 Å². The van der Waals surface area contributed by atoms with Gasteiger partial charge in [-0.1, -0.05) is 45.0 Å². The third kappa shape index (κ3) is 11.4. The molecule has 5 N–H and O–H groups in total. The van der Waals surface area contributed by atoms with Crippen molar-refractivity contribution in [1.82, 2.24) is 20.5 Å². The third-order valence-electron chi connectivity index (χ3n) is 6.95. The van der Waals surface area contributed by atoms with Crippen LogP contribution in [0.25, 0.3) is 10.4 Å². The molecule has 3 atom stereocenters. The van der Waals surface area contributed by atoms with E-state index in [0.29, 0.717) is 33.0 Å². The molecule has 12 nitrogen and oxygen atoms in total. The number of nitrogens with two attached hydrogens (primary N) is 1. The molecule has 1 fully saturated rings. The summed E-state index contributed by atoms with van der Waals surface area (Å²) in [7, 11) is 0. The van der Waals surface area contributed by atoms with E-state index < -0.39 is 35.4 Å². The molecule has 1 aliphatic rings. The zero-order valence-corrected chi connectivity index (χ0v) is 27.5. The smallest absolute Gasteiger partial charge is 0.246 e. The Hall–Kier alpha value is -2.65. The number of β-amino-alcohol motifs (C(OH)–C–C–N with tert-alkyl or cyclic N) is 1. The minimum Gasteiger partial charge on any atom is -0.391 e. The summed E-state index contributed by atoms with van der Waals surface area (Å²) >= 11 is 1.58. The molecule has 1 saturated heterocycles. The van der Waals surface area contributed by atoms with Crippen LogP contribution in [0.1, 0.15) is 38.4 Å². The number of hydrogen-bond acceptors (Lipinski definition) is 10. The first-order valence-electron chi connectivity index (χ1n) is 14.5. The molecule has 0 radical (unpaired) electrons. The molecular formula is C30H46ClN5O7S. The van der Waals surface area contributed by atoms with Gasteiger partial charge in [0.25, 0.3) is 0 Å². The molecule has 1 aromatic heterocycles. The summed E-state index contributed by atoms with van der Waals surface area (Å²) in [6, 6.07) is 6.08. The van der Waals surface area contributed by atoms with E-state index in [1.807, 2.05) is 57.5 Å². The van der Waals surface area contributed by atoms with Gasteiger partial charge in [0.15, 0.2) is 0 Å². The second kappa shape index (κ2) is 18.4. The molecule has 44 heavy (non-hydrogen) atoms. The molecule has 3 rings (SSSR count). The molecule has 0 aliphatic carbocycles. The molecule has 0 spiro atoms. The van der Waals surface area contributed by atoms with Crippen LogP contribution >= 0.6 is 23.7 Å². The van der Waals surface area contributed by atoms with Crippen molar-refractivity contribution in [2.45, 2.75) is 58.8 Å². The van der Waals surface area contributed by atoms with E-state index in [-0.39, 0.29) is 51.0 Å². The Morgan fingerprint density at radius 1 is 1.09 bits per heavy atom. The van der Waals surface area contributed by atoms with Crippen LogP contribution in [0.15, 0.2) is 29.8 Å². The Morgan fingerprint density at radius 3 is 2.32 bits per heavy atom. The first kappa shape index (κ1) is 37.5. The van der Waals surface area contributed by atoms with Gasteiger partial charge in [0.05, 0.1) is 55.2 Å². The van der Waals surface area contributed by atoms with Gasteiger partial charge in [0, 0.05) is 26.1 Å². The van der Waals surface area contributed by atoms with Crippen molar-refractivity contribution >= 4 is 41.5 Å². The zero-order valence-electron chi connectivity index (χ0n) is 25.9. The topological polar surface area (TPSA) is 165 Å². The molecule has 0 unspecified atom stereocenters. The SMILES string of the molecule is Cc1ncsc1-c1ccc(CNC(=O)[C@@H]2C[C@@H](O)CN2C(=O)[C@@H](NC(=O)COCCOCCOCCN)C(C)(C)C)cc1.Cl. The van der Waals surface area contributed by atoms with Gasteiger partial charge in [0.2, 0.25) is 17.7 Å². The number of nitrogens with zero attached hydrogens (tertiary/aromatic N) is 2. The molecule has 2 aromatic rings. The van der Waals surface area contributed by atoms with Gasteiger partial charge in [-0.2, -0.15) is 0 Å². The maximum atomic E-state index is 13.7. The highest BCUT2D eigenvalue weighted by Gasteiger charge is 2.44. The fraction of sp³-hybridized carbons (Fsp3) is 0.600. The van der Waals surface area contributed by atoms with Crippen molar-refractivity contribution in [2.24, 2.45) is 11.1 Å². The van der Waals surface area contributed by atoms with Crippen molar-refractivity contribution in [1.29, 1.82) is 0 Å². The number of carbonyl (C=O) groups excluding carboxylic acids is 3. The van der Waals surface area contributed by atoms with Crippen molar-refractivity contribution in [3.05, 3.63) is 41.0 Å². The molecule has 3 amide bonds. The third-order valence-corrected chi connectivity index (χ3v) is 7.93. The average molecular weight is 656 g/mol. The van der Waals surface area contributed by atoms with Crippen LogP contribution in [0.2, 0.25) is 0 Å². The zero-order chi connectivity index (χ0) is 31.4. The number of aromatic nitrogens is 1. The summed E-state index contributed by atoms with van der Waals surface area (Å²) in [5.74, 6) is -1.25. The highest BCUT2D eigenvalue weighted by molar-refractivity contribution is 7.13. The van der Waals surface area contributed by atoms with E-state index in [2.05, 4.69) is 15.6 Å². The summed E-state index contributed by atoms with van der Waals surface area (Å²) in [5, 5.41) is 16.1. The number of nitrogens with one attached hydrogen (secondary N) is 2. The van der Waals surface area contributed by atoms with Gasteiger partial charge in [-0.05, 0) is 23.5 Å². The number of rotatable bonds is 16. The predicted molar refractivity (Wildman–Crippen MR) is 170 cm³/mol. The van der Waals surface area contributed by atoms with Crippen molar-refractivity contribution in [3.8, 4) is 10.4 Å². The number of aliphatic hydroxyl groups is 1. The van der Waals surface area contributed by atoms with Crippen LogP contribution in [0.4, 0.5) is 0 Å². The number of carbonyl (C=O) groups is 3.